The lowest BCUT2D eigenvalue weighted by atomic mass is 10.0. The van der Waals surface area contributed by atoms with Crippen LogP contribution in [0.4, 0.5) is 5.82 Å². The van der Waals surface area contributed by atoms with Crippen LogP contribution in [0.3, 0.4) is 0 Å². The number of halogens is 1. The Balaban J connectivity index is 2.66. The van der Waals surface area contributed by atoms with Crippen LogP contribution in [-0.4, -0.2) is 16.5 Å². The molecule has 0 aliphatic carbocycles. The van der Waals surface area contributed by atoms with Crippen LogP contribution in [-0.2, 0) is 0 Å². The number of aryl methyl sites for hydroxylation is 1. The first-order valence-electron chi connectivity index (χ1n) is 4.69. The van der Waals surface area contributed by atoms with Crippen molar-refractivity contribution >= 4 is 23.7 Å². The smallest absolute Gasteiger partial charge is 0.156 e. The van der Waals surface area contributed by atoms with Crippen molar-refractivity contribution in [3.05, 3.63) is 34.3 Å². The Labute approximate surface area is 97.4 Å². The van der Waals surface area contributed by atoms with Crippen molar-refractivity contribution in [1.29, 1.82) is 0 Å². The van der Waals surface area contributed by atoms with E-state index in [1.165, 1.54) is 0 Å². The van der Waals surface area contributed by atoms with Gasteiger partial charge in [0.25, 0.3) is 0 Å². The number of aldehydes is 1. The molecule has 0 aliphatic rings. The molecule has 3 N–H and O–H groups in total. The molecule has 0 fully saturated rings. The molecule has 0 unspecified atom stereocenters. The van der Waals surface area contributed by atoms with Crippen molar-refractivity contribution in [3.8, 4) is 11.3 Å². The number of nitrogens with two attached hydrogens (primary N) is 1. The highest BCUT2D eigenvalue weighted by Gasteiger charge is 2.13. The number of hydrogen-bond acceptors (Lipinski definition) is 3. The molecule has 0 saturated heterocycles. The van der Waals surface area contributed by atoms with Crippen molar-refractivity contribution < 1.29 is 4.79 Å². The summed E-state index contributed by atoms with van der Waals surface area (Å²) in [6, 6.07) is 5.45. The van der Waals surface area contributed by atoms with Crippen molar-refractivity contribution in [3.63, 3.8) is 0 Å². The van der Waals surface area contributed by atoms with Gasteiger partial charge in [0, 0.05) is 10.6 Å². The summed E-state index contributed by atoms with van der Waals surface area (Å²) >= 11 is 5.92. The first-order valence-corrected chi connectivity index (χ1v) is 5.07. The molecule has 0 atom stereocenters. The highest BCUT2D eigenvalue weighted by Crippen LogP contribution is 2.28. The molecule has 16 heavy (non-hydrogen) atoms. The minimum atomic E-state index is 0.198. The van der Waals surface area contributed by atoms with Gasteiger partial charge in [0.15, 0.2) is 12.1 Å². The van der Waals surface area contributed by atoms with Crippen molar-refractivity contribution in [1.82, 2.24) is 10.2 Å². The van der Waals surface area contributed by atoms with E-state index in [0.29, 0.717) is 22.6 Å². The van der Waals surface area contributed by atoms with Crippen LogP contribution in [0.1, 0.15) is 15.9 Å². The van der Waals surface area contributed by atoms with E-state index >= 15 is 0 Å². The minimum Gasteiger partial charge on any atom is -0.382 e. The topological polar surface area (TPSA) is 71.8 Å². The summed E-state index contributed by atoms with van der Waals surface area (Å²) in [5.74, 6) is 0.198. The highest BCUT2D eigenvalue weighted by atomic mass is 35.5. The van der Waals surface area contributed by atoms with Crippen LogP contribution in [0.2, 0.25) is 5.02 Å². The maximum absolute atomic E-state index is 10.9. The van der Waals surface area contributed by atoms with Crippen molar-refractivity contribution in [2.45, 2.75) is 6.92 Å². The van der Waals surface area contributed by atoms with E-state index < -0.39 is 0 Å². The Morgan fingerprint density at radius 1 is 1.50 bits per heavy atom. The van der Waals surface area contributed by atoms with Crippen molar-refractivity contribution in [2.75, 3.05) is 5.73 Å². The second kappa shape index (κ2) is 3.98. The standard InChI is InChI=1S/C11H10ClN3O/c1-6-2-3-7(12)4-8(6)10-9(5-16)11(13)15-14-10/h2-5H,1H3,(H3,13,14,15). The van der Waals surface area contributed by atoms with E-state index in [1.807, 2.05) is 13.0 Å². The number of carbonyl (C=O) groups excluding carboxylic acids is 1. The fraction of sp³-hybridized carbons (Fsp3) is 0.0909. The van der Waals surface area contributed by atoms with Crippen LogP contribution >= 0.6 is 11.6 Å². The minimum absolute atomic E-state index is 0.198. The normalized spacial score (nSPS) is 10.4. The monoisotopic (exact) mass is 235 g/mol. The second-order valence-electron chi connectivity index (χ2n) is 3.47. The Bertz CT molecular complexity index is 548. The number of nitrogens with one attached hydrogen (secondary N) is 1. The molecule has 4 nitrogen and oxygen atoms in total. The summed E-state index contributed by atoms with van der Waals surface area (Å²) in [5.41, 5.74) is 8.37. The maximum Gasteiger partial charge on any atom is 0.156 e. The first-order chi connectivity index (χ1) is 7.63. The molecule has 0 bridgehead atoms. The van der Waals surface area contributed by atoms with Gasteiger partial charge in [0.05, 0.1) is 11.3 Å². The summed E-state index contributed by atoms with van der Waals surface area (Å²) < 4.78 is 0. The number of benzene rings is 1. The fourth-order valence-electron chi connectivity index (χ4n) is 1.55. The van der Waals surface area contributed by atoms with Crippen LogP contribution in [0.25, 0.3) is 11.3 Å². The molecule has 1 heterocycles. The molecule has 0 radical (unpaired) electrons. The lowest BCUT2D eigenvalue weighted by molar-refractivity contribution is 0.112. The van der Waals surface area contributed by atoms with Crippen LogP contribution < -0.4 is 5.73 Å². The number of anilines is 1. The molecule has 2 aromatic rings. The zero-order valence-corrected chi connectivity index (χ0v) is 9.38. The molecule has 2 rings (SSSR count). The molecule has 0 saturated carbocycles. The van der Waals surface area contributed by atoms with Gasteiger partial charge in [-0.15, -0.1) is 0 Å². The zero-order valence-electron chi connectivity index (χ0n) is 8.62. The fourth-order valence-corrected chi connectivity index (χ4v) is 1.72. The van der Waals surface area contributed by atoms with Crippen LogP contribution in [0, 0.1) is 6.92 Å². The van der Waals surface area contributed by atoms with Crippen LogP contribution in [0.15, 0.2) is 18.2 Å². The van der Waals surface area contributed by atoms with Crippen molar-refractivity contribution in [2.24, 2.45) is 0 Å². The quantitative estimate of drug-likeness (QED) is 0.786. The first kappa shape index (κ1) is 10.7. The average molecular weight is 236 g/mol. The molecule has 0 amide bonds. The summed E-state index contributed by atoms with van der Waals surface area (Å²) in [7, 11) is 0. The Hall–Kier alpha value is -1.81. The van der Waals surface area contributed by atoms with Crippen LogP contribution in [0.5, 0.6) is 0 Å². The van der Waals surface area contributed by atoms with Gasteiger partial charge in [0.1, 0.15) is 0 Å². The zero-order chi connectivity index (χ0) is 11.7. The number of nitrogens with zero attached hydrogens (tertiary/aromatic N) is 1. The predicted molar refractivity (Wildman–Crippen MR) is 63.6 cm³/mol. The van der Waals surface area contributed by atoms with Gasteiger partial charge in [-0.05, 0) is 24.6 Å². The number of nitrogen functional groups attached to an aromatic ring is 1. The Morgan fingerprint density at radius 3 is 2.94 bits per heavy atom. The predicted octanol–water partition coefficient (Wildman–Crippen LogP) is 2.43. The summed E-state index contributed by atoms with van der Waals surface area (Å²) in [4.78, 5) is 10.9. The Morgan fingerprint density at radius 2 is 2.25 bits per heavy atom. The van der Waals surface area contributed by atoms with Gasteiger partial charge >= 0.3 is 0 Å². The molecule has 0 aliphatic heterocycles. The maximum atomic E-state index is 10.9. The van der Waals surface area contributed by atoms with E-state index in [-0.39, 0.29) is 5.82 Å². The third-order valence-corrected chi connectivity index (χ3v) is 2.66. The van der Waals surface area contributed by atoms with Gasteiger partial charge < -0.3 is 5.73 Å². The number of rotatable bonds is 2. The molecule has 0 spiro atoms. The van der Waals surface area contributed by atoms with Gasteiger partial charge in [-0.3, -0.25) is 9.89 Å². The largest absolute Gasteiger partial charge is 0.382 e. The van der Waals surface area contributed by atoms with E-state index in [0.717, 1.165) is 11.1 Å². The molecule has 82 valence electrons. The van der Waals surface area contributed by atoms with Gasteiger partial charge in [-0.25, -0.2) is 0 Å². The lowest BCUT2D eigenvalue weighted by Crippen LogP contribution is -1.92. The molecule has 1 aromatic heterocycles. The second-order valence-corrected chi connectivity index (χ2v) is 3.91. The molecule has 5 heteroatoms. The van der Waals surface area contributed by atoms with E-state index in [2.05, 4.69) is 10.2 Å². The SMILES string of the molecule is Cc1ccc(Cl)cc1-c1[nH]nc(N)c1C=O. The van der Waals surface area contributed by atoms with E-state index in [9.17, 15) is 4.79 Å². The lowest BCUT2D eigenvalue weighted by Gasteiger charge is -2.04. The number of H-pyrrole nitrogens is 1. The van der Waals surface area contributed by atoms with Gasteiger partial charge in [0.2, 0.25) is 0 Å². The number of aromatic nitrogens is 2. The third-order valence-electron chi connectivity index (χ3n) is 2.42. The number of aromatic amines is 1. The average Bonchev–Trinajstić information content (AvgIpc) is 2.63. The summed E-state index contributed by atoms with van der Waals surface area (Å²) in [6.07, 6.45) is 0.689. The number of hydrogen-bond donors (Lipinski definition) is 2. The van der Waals surface area contributed by atoms with Gasteiger partial charge in [-0.2, -0.15) is 5.10 Å². The van der Waals surface area contributed by atoms with Gasteiger partial charge in [-0.1, -0.05) is 17.7 Å². The summed E-state index contributed by atoms with van der Waals surface area (Å²) in [6.45, 7) is 1.93. The van der Waals surface area contributed by atoms with E-state index in [1.54, 1.807) is 12.1 Å². The third kappa shape index (κ3) is 1.67. The molecule has 1 aromatic carbocycles. The molecular weight excluding hydrogens is 226 g/mol. The Kier molecular flexibility index (Phi) is 2.66. The number of carbonyl (C=O) groups is 1. The molecular formula is C11H10ClN3O. The van der Waals surface area contributed by atoms with E-state index in [4.69, 9.17) is 17.3 Å². The summed E-state index contributed by atoms with van der Waals surface area (Å²) in [5, 5.41) is 7.16. The highest BCUT2D eigenvalue weighted by molar-refractivity contribution is 6.30.